The topological polar surface area (TPSA) is 21.3 Å². The smallest absolute Gasteiger partial charge is 0.141 e. The Morgan fingerprint density at radius 2 is 2.05 bits per heavy atom. The van der Waals surface area contributed by atoms with Gasteiger partial charge in [0, 0.05) is 23.3 Å². The Kier molecular flexibility index (Phi) is 5.05. The van der Waals surface area contributed by atoms with E-state index in [1.54, 1.807) is 12.1 Å². The molecule has 0 aromatic heterocycles. The van der Waals surface area contributed by atoms with Gasteiger partial charge >= 0.3 is 0 Å². The van der Waals surface area contributed by atoms with Gasteiger partial charge in [-0.15, -0.1) is 0 Å². The molecule has 0 unspecified atom stereocenters. The predicted octanol–water partition coefficient (Wildman–Crippen LogP) is 4.73. The van der Waals surface area contributed by atoms with Crippen LogP contribution in [0.3, 0.4) is 0 Å². The van der Waals surface area contributed by atoms with Crippen LogP contribution in [-0.4, -0.2) is 13.2 Å². The number of hydrogen-bond acceptors (Lipinski definition) is 2. The van der Waals surface area contributed by atoms with E-state index < -0.39 is 0 Å². The third kappa shape index (κ3) is 4.40. The SMILES string of the molecule is Fc1cc(OCCNc2cccc(Cl)c2)ccc1Br. The monoisotopic (exact) mass is 343 g/mol. The Hall–Kier alpha value is -1.26. The molecule has 1 N–H and O–H groups in total. The molecule has 19 heavy (non-hydrogen) atoms. The molecule has 0 heterocycles. The summed E-state index contributed by atoms with van der Waals surface area (Å²) in [5.41, 5.74) is 0.929. The summed E-state index contributed by atoms with van der Waals surface area (Å²) in [6, 6.07) is 12.1. The van der Waals surface area contributed by atoms with Gasteiger partial charge in [-0.3, -0.25) is 0 Å². The van der Waals surface area contributed by atoms with Crippen LogP contribution in [0.25, 0.3) is 0 Å². The Balaban J connectivity index is 1.79. The molecule has 2 rings (SSSR count). The van der Waals surface area contributed by atoms with Gasteiger partial charge in [0.1, 0.15) is 18.2 Å². The molecule has 0 radical (unpaired) electrons. The Labute approximate surface area is 124 Å². The van der Waals surface area contributed by atoms with E-state index in [1.807, 2.05) is 24.3 Å². The molecular weight excluding hydrogens is 333 g/mol. The lowest BCUT2D eigenvalue weighted by molar-refractivity contribution is 0.331. The minimum absolute atomic E-state index is 0.333. The summed E-state index contributed by atoms with van der Waals surface area (Å²) in [7, 11) is 0. The largest absolute Gasteiger partial charge is 0.492 e. The van der Waals surface area contributed by atoms with Crippen molar-refractivity contribution < 1.29 is 9.13 Å². The highest BCUT2D eigenvalue weighted by atomic mass is 79.9. The fraction of sp³-hybridized carbons (Fsp3) is 0.143. The van der Waals surface area contributed by atoms with Crippen molar-refractivity contribution >= 4 is 33.2 Å². The molecule has 0 aliphatic rings. The van der Waals surface area contributed by atoms with Gasteiger partial charge in [-0.1, -0.05) is 17.7 Å². The molecule has 0 saturated carbocycles. The first-order valence-corrected chi connectivity index (χ1v) is 6.89. The van der Waals surface area contributed by atoms with E-state index in [0.717, 1.165) is 5.69 Å². The van der Waals surface area contributed by atoms with E-state index in [0.29, 0.717) is 28.4 Å². The molecule has 0 bridgehead atoms. The maximum absolute atomic E-state index is 13.2. The summed E-state index contributed by atoms with van der Waals surface area (Å²) in [6.45, 7) is 1.05. The molecule has 0 fully saturated rings. The normalized spacial score (nSPS) is 10.3. The number of hydrogen-bond donors (Lipinski definition) is 1. The molecule has 0 amide bonds. The number of halogens is 3. The summed E-state index contributed by atoms with van der Waals surface area (Å²) in [5, 5.41) is 3.85. The van der Waals surface area contributed by atoms with Crippen LogP contribution in [0.5, 0.6) is 5.75 Å². The third-order valence-corrected chi connectivity index (χ3v) is 3.29. The van der Waals surface area contributed by atoms with E-state index in [2.05, 4.69) is 21.2 Å². The lowest BCUT2D eigenvalue weighted by Crippen LogP contribution is -2.11. The average Bonchev–Trinajstić information content (AvgIpc) is 2.39. The quantitative estimate of drug-likeness (QED) is 0.792. The Bertz CT molecular complexity index is 565. The second-order valence-corrected chi connectivity index (χ2v) is 5.15. The fourth-order valence-corrected chi connectivity index (χ4v) is 1.97. The van der Waals surface area contributed by atoms with Crippen molar-refractivity contribution in [2.24, 2.45) is 0 Å². The molecule has 2 nitrogen and oxygen atoms in total. The fourth-order valence-electron chi connectivity index (χ4n) is 1.53. The van der Waals surface area contributed by atoms with Crippen molar-refractivity contribution in [3.05, 3.63) is 57.8 Å². The van der Waals surface area contributed by atoms with E-state index in [9.17, 15) is 4.39 Å². The first-order chi connectivity index (χ1) is 9.15. The van der Waals surface area contributed by atoms with Crippen LogP contribution in [0.2, 0.25) is 5.02 Å². The van der Waals surface area contributed by atoms with Gasteiger partial charge in [-0.2, -0.15) is 0 Å². The maximum atomic E-state index is 13.2. The first-order valence-electron chi connectivity index (χ1n) is 5.72. The number of ether oxygens (including phenoxy) is 1. The van der Waals surface area contributed by atoms with E-state index in [-0.39, 0.29) is 5.82 Å². The van der Waals surface area contributed by atoms with Gasteiger partial charge in [0.2, 0.25) is 0 Å². The minimum Gasteiger partial charge on any atom is -0.492 e. The maximum Gasteiger partial charge on any atom is 0.141 e. The van der Waals surface area contributed by atoms with Crippen molar-refractivity contribution in [2.75, 3.05) is 18.5 Å². The van der Waals surface area contributed by atoms with Crippen molar-refractivity contribution in [1.29, 1.82) is 0 Å². The molecular formula is C14H12BrClFNO. The predicted molar refractivity (Wildman–Crippen MR) is 79.5 cm³/mol. The average molecular weight is 345 g/mol. The number of benzene rings is 2. The van der Waals surface area contributed by atoms with Gasteiger partial charge in [0.15, 0.2) is 0 Å². The van der Waals surface area contributed by atoms with E-state index in [4.69, 9.17) is 16.3 Å². The molecule has 2 aromatic rings. The molecule has 0 saturated heterocycles. The van der Waals surface area contributed by atoms with Crippen LogP contribution in [0.1, 0.15) is 0 Å². The van der Waals surface area contributed by atoms with Gasteiger partial charge in [-0.25, -0.2) is 4.39 Å². The van der Waals surface area contributed by atoms with Crippen molar-refractivity contribution in [1.82, 2.24) is 0 Å². The van der Waals surface area contributed by atoms with Gasteiger partial charge in [-0.05, 0) is 46.3 Å². The highest BCUT2D eigenvalue weighted by Gasteiger charge is 2.01. The second kappa shape index (κ2) is 6.78. The summed E-state index contributed by atoms with van der Waals surface area (Å²) >= 11 is 8.96. The van der Waals surface area contributed by atoms with Crippen molar-refractivity contribution in [2.45, 2.75) is 0 Å². The molecule has 5 heteroatoms. The summed E-state index contributed by atoms with van der Waals surface area (Å²) < 4.78 is 19.1. The van der Waals surface area contributed by atoms with Crippen LogP contribution in [0, 0.1) is 5.82 Å². The van der Waals surface area contributed by atoms with E-state index in [1.165, 1.54) is 6.07 Å². The zero-order valence-corrected chi connectivity index (χ0v) is 12.3. The minimum atomic E-state index is -0.333. The van der Waals surface area contributed by atoms with Gasteiger partial charge in [0.25, 0.3) is 0 Å². The van der Waals surface area contributed by atoms with Crippen molar-refractivity contribution in [3.8, 4) is 5.75 Å². The molecule has 0 aliphatic carbocycles. The highest BCUT2D eigenvalue weighted by Crippen LogP contribution is 2.21. The lowest BCUT2D eigenvalue weighted by atomic mass is 10.3. The zero-order chi connectivity index (χ0) is 13.7. The Morgan fingerprint density at radius 1 is 1.21 bits per heavy atom. The second-order valence-electron chi connectivity index (χ2n) is 3.86. The third-order valence-electron chi connectivity index (χ3n) is 2.42. The summed E-state index contributed by atoms with van der Waals surface area (Å²) in [4.78, 5) is 0. The Morgan fingerprint density at radius 3 is 2.79 bits per heavy atom. The van der Waals surface area contributed by atoms with Crippen LogP contribution < -0.4 is 10.1 Å². The molecule has 2 aromatic carbocycles. The lowest BCUT2D eigenvalue weighted by Gasteiger charge is -2.09. The van der Waals surface area contributed by atoms with Gasteiger partial charge in [0.05, 0.1) is 4.47 Å². The van der Waals surface area contributed by atoms with Crippen LogP contribution in [0.15, 0.2) is 46.9 Å². The molecule has 0 atom stereocenters. The molecule has 100 valence electrons. The van der Waals surface area contributed by atoms with E-state index >= 15 is 0 Å². The summed E-state index contributed by atoms with van der Waals surface area (Å²) in [6.07, 6.45) is 0. The highest BCUT2D eigenvalue weighted by molar-refractivity contribution is 9.10. The van der Waals surface area contributed by atoms with Crippen LogP contribution in [-0.2, 0) is 0 Å². The number of rotatable bonds is 5. The standard InChI is InChI=1S/C14H12BrClFNO/c15-13-5-4-12(9-14(13)17)19-7-6-18-11-3-1-2-10(16)8-11/h1-5,8-9,18H,6-7H2. The summed E-state index contributed by atoms with van der Waals surface area (Å²) in [5.74, 6) is 0.175. The van der Waals surface area contributed by atoms with Crippen molar-refractivity contribution in [3.63, 3.8) is 0 Å². The van der Waals surface area contributed by atoms with Crippen LogP contribution >= 0.6 is 27.5 Å². The number of anilines is 1. The molecule has 0 spiro atoms. The number of nitrogens with one attached hydrogen (secondary N) is 1. The first kappa shape index (κ1) is 14.2. The van der Waals surface area contributed by atoms with Gasteiger partial charge < -0.3 is 10.1 Å². The zero-order valence-electron chi connectivity index (χ0n) is 10.00. The van der Waals surface area contributed by atoms with Crippen LogP contribution in [0.4, 0.5) is 10.1 Å². The molecule has 0 aliphatic heterocycles.